The monoisotopic (exact) mass is 289 g/mol. The SMILES string of the molecule is CCNC(=NCc1ccnn1C)N1CC2CCCCC2C1. The summed E-state index contributed by atoms with van der Waals surface area (Å²) in [7, 11) is 1.97. The number of guanidine groups is 1. The second-order valence-corrected chi connectivity index (χ2v) is 6.33. The van der Waals surface area contributed by atoms with E-state index in [1.54, 1.807) is 0 Å². The smallest absolute Gasteiger partial charge is 0.194 e. The average Bonchev–Trinajstić information content (AvgIpc) is 3.09. The third kappa shape index (κ3) is 3.22. The fourth-order valence-corrected chi connectivity index (χ4v) is 3.72. The molecule has 1 N–H and O–H groups in total. The van der Waals surface area contributed by atoms with Gasteiger partial charge in [0.15, 0.2) is 5.96 Å². The number of likely N-dealkylation sites (tertiary alicyclic amines) is 1. The molecule has 2 fully saturated rings. The minimum Gasteiger partial charge on any atom is -0.357 e. The maximum absolute atomic E-state index is 4.83. The molecule has 1 saturated heterocycles. The zero-order chi connectivity index (χ0) is 14.7. The van der Waals surface area contributed by atoms with Gasteiger partial charge in [-0.2, -0.15) is 5.10 Å². The average molecular weight is 289 g/mol. The van der Waals surface area contributed by atoms with Crippen LogP contribution in [0.2, 0.25) is 0 Å². The standard InChI is InChI=1S/C16H27N5/c1-3-17-16(18-10-15-8-9-19-20(15)2)21-11-13-6-4-5-7-14(13)12-21/h8-9,13-14H,3-7,10-12H2,1-2H3,(H,17,18). The number of nitrogens with zero attached hydrogens (tertiary/aromatic N) is 4. The van der Waals surface area contributed by atoms with E-state index in [4.69, 9.17) is 4.99 Å². The number of nitrogens with one attached hydrogen (secondary N) is 1. The molecule has 1 saturated carbocycles. The molecule has 0 radical (unpaired) electrons. The van der Waals surface area contributed by atoms with Crippen molar-refractivity contribution in [2.24, 2.45) is 23.9 Å². The van der Waals surface area contributed by atoms with Gasteiger partial charge < -0.3 is 10.2 Å². The first-order valence-corrected chi connectivity index (χ1v) is 8.28. The van der Waals surface area contributed by atoms with Crippen LogP contribution in [0.4, 0.5) is 0 Å². The second kappa shape index (κ2) is 6.50. The third-order valence-electron chi connectivity index (χ3n) is 4.92. The molecule has 5 nitrogen and oxygen atoms in total. The van der Waals surface area contributed by atoms with Crippen molar-refractivity contribution < 1.29 is 0 Å². The zero-order valence-electron chi connectivity index (χ0n) is 13.3. The van der Waals surface area contributed by atoms with Crippen LogP contribution in [0.3, 0.4) is 0 Å². The van der Waals surface area contributed by atoms with Gasteiger partial charge in [0.1, 0.15) is 0 Å². The minimum atomic E-state index is 0.699. The first-order valence-electron chi connectivity index (χ1n) is 8.28. The summed E-state index contributed by atoms with van der Waals surface area (Å²) in [5.41, 5.74) is 1.15. The molecular weight excluding hydrogens is 262 g/mol. The molecule has 2 aliphatic rings. The first-order chi connectivity index (χ1) is 10.3. The molecule has 1 aliphatic heterocycles. The van der Waals surface area contributed by atoms with E-state index in [1.807, 2.05) is 24.0 Å². The summed E-state index contributed by atoms with van der Waals surface area (Å²) in [5, 5.41) is 7.67. The molecule has 3 rings (SSSR count). The van der Waals surface area contributed by atoms with E-state index in [-0.39, 0.29) is 0 Å². The Balaban J connectivity index is 1.68. The lowest BCUT2D eigenvalue weighted by Crippen LogP contribution is -2.40. The maximum atomic E-state index is 4.83. The van der Waals surface area contributed by atoms with Crippen molar-refractivity contribution in [3.63, 3.8) is 0 Å². The van der Waals surface area contributed by atoms with E-state index < -0.39 is 0 Å². The fraction of sp³-hybridized carbons (Fsp3) is 0.750. The molecule has 116 valence electrons. The molecule has 0 amide bonds. The van der Waals surface area contributed by atoms with Crippen molar-refractivity contribution in [2.45, 2.75) is 39.2 Å². The number of fused-ring (bicyclic) bond motifs is 1. The molecule has 2 atom stereocenters. The lowest BCUT2D eigenvalue weighted by atomic mass is 9.82. The maximum Gasteiger partial charge on any atom is 0.194 e. The van der Waals surface area contributed by atoms with Gasteiger partial charge in [-0.15, -0.1) is 0 Å². The molecule has 2 heterocycles. The van der Waals surface area contributed by atoms with Crippen LogP contribution in [0.1, 0.15) is 38.3 Å². The molecule has 0 aromatic carbocycles. The molecule has 21 heavy (non-hydrogen) atoms. The van der Waals surface area contributed by atoms with E-state index >= 15 is 0 Å². The highest BCUT2D eigenvalue weighted by molar-refractivity contribution is 5.80. The van der Waals surface area contributed by atoms with Crippen molar-refractivity contribution in [2.75, 3.05) is 19.6 Å². The molecule has 2 unspecified atom stereocenters. The lowest BCUT2D eigenvalue weighted by molar-refractivity contribution is 0.299. The predicted octanol–water partition coefficient (Wildman–Crippen LogP) is 2.01. The number of aromatic nitrogens is 2. The van der Waals surface area contributed by atoms with Gasteiger partial charge in [0, 0.05) is 32.9 Å². The minimum absolute atomic E-state index is 0.699. The molecule has 0 spiro atoms. The Kier molecular flexibility index (Phi) is 4.46. The van der Waals surface area contributed by atoms with E-state index in [0.29, 0.717) is 6.54 Å². The van der Waals surface area contributed by atoms with Crippen LogP contribution >= 0.6 is 0 Å². The van der Waals surface area contributed by atoms with Crippen molar-refractivity contribution >= 4 is 5.96 Å². The summed E-state index contributed by atoms with van der Waals surface area (Å²) in [4.78, 5) is 7.30. The topological polar surface area (TPSA) is 45.5 Å². The van der Waals surface area contributed by atoms with Gasteiger partial charge >= 0.3 is 0 Å². The van der Waals surface area contributed by atoms with Crippen molar-refractivity contribution in [1.82, 2.24) is 20.0 Å². The summed E-state index contributed by atoms with van der Waals surface area (Å²) < 4.78 is 1.90. The first kappa shape index (κ1) is 14.4. The summed E-state index contributed by atoms with van der Waals surface area (Å²) in [6.07, 6.45) is 7.47. The van der Waals surface area contributed by atoms with Crippen LogP contribution in [-0.4, -0.2) is 40.3 Å². The third-order valence-corrected chi connectivity index (χ3v) is 4.92. The number of rotatable bonds is 3. The van der Waals surface area contributed by atoms with Crippen LogP contribution < -0.4 is 5.32 Å². The number of hydrogen-bond acceptors (Lipinski definition) is 2. The highest BCUT2D eigenvalue weighted by atomic mass is 15.3. The Morgan fingerprint density at radius 2 is 2.05 bits per heavy atom. The lowest BCUT2D eigenvalue weighted by Gasteiger charge is -2.22. The van der Waals surface area contributed by atoms with Gasteiger partial charge in [-0.1, -0.05) is 12.8 Å². The highest BCUT2D eigenvalue weighted by Gasteiger charge is 2.35. The molecule has 5 heteroatoms. The van der Waals surface area contributed by atoms with Crippen molar-refractivity contribution in [1.29, 1.82) is 0 Å². The zero-order valence-corrected chi connectivity index (χ0v) is 13.3. The fourth-order valence-electron chi connectivity index (χ4n) is 3.72. The molecule has 1 aromatic heterocycles. The largest absolute Gasteiger partial charge is 0.357 e. The van der Waals surface area contributed by atoms with Crippen LogP contribution in [0.25, 0.3) is 0 Å². The number of aryl methyl sites for hydroxylation is 1. The Bertz CT molecular complexity index is 479. The van der Waals surface area contributed by atoms with Gasteiger partial charge in [-0.3, -0.25) is 4.68 Å². The molecular formula is C16H27N5. The van der Waals surface area contributed by atoms with Gasteiger partial charge in [-0.25, -0.2) is 4.99 Å². The predicted molar refractivity (Wildman–Crippen MR) is 85.0 cm³/mol. The van der Waals surface area contributed by atoms with Gasteiger partial charge in [0.05, 0.1) is 12.2 Å². The number of hydrogen-bond donors (Lipinski definition) is 1. The van der Waals surface area contributed by atoms with Crippen LogP contribution in [-0.2, 0) is 13.6 Å². The highest BCUT2D eigenvalue weighted by Crippen LogP contribution is 2.35. The molecule has 0 bridgehead atoms. The molecule has 1 aliphatic carbocycles. The quantitative estimate of drug-likeness (QED) is 0.684. The summed E-state index contributed by atoms with van der Waals surface area (Å²) in [6.45, 7) is 6.13. The van der Waals surface area contributed by atoms with Gasteiger partial charge in [0.25, 0.3) is 0 Å². The van der Waals surface area contributed by atoms with Crippen molar-refractivity contribution in [3.8, 4) is 0 Å². The van der Waals surface area contributed by atoms with Gasteiger partial charge in [-0.05, 0) is 37.7 Å². The number of aliphatic imine (C=N–C) groups is 1. The van der Waals surface area contributed by atoms with E-state index in [9.17, 15) is 0 Å². The summed E-state index contributed by atoms with van der Waals surface area (Å²) in [5.74, 6) is 2.85. The summed E-state index contributed by atoms with van der Waals surface area (Å²) >= 11 is 0. The Labute approximate surface area is 127 Å². The van der Waals surface area contributed by atoms with Crippen LogP contribution in [0.15, 0.2) is 17.3 Å². The Hall–Kier alpha value is -1.52. The Morgan fingerprint density at radius 1 is 1.33 bits per heavy atom. The van der Waals surface area contributed by atoms with E-state index in [2.05, 4.69) is 22.2 Å². The second-order valence-electron chi connectivity index (χ2n) is 6.33. The summed E-state index contributed by atoms with van der Waals surface area (Å²) in [6, 6.07) is 2.04. The van der Waals surface area contributed by atoms with Gasteiger partial charge in [0.2, 0.25) is 0 Å². The normalized spacial score (nSPS) is 26.0. The molecule has 1 aromatic rings. The van der Waals surface area contributed by atoms with Crippen LogP contribution in [0, 0.1) is 11.8 Å². The van der Waals surface area contributed by atoms with E-state index in [1.165, 1.54) is 38.8 Å². The van der Waals surface area contributed by atoms with E-state index in [0.717, 1.165) is 30.0 Å². The Morgan fingerprint density at radius 3 is 2.62 bits per heavy atom. The van der Waals surface area contributed by atoms with Crippen molar-refractivity contribution in [3.05, 3.63) is 18.0 Å². The van der Waals surface area contributed by atoms with Crippen LogP contribution in [0.5, 0.6) is 0 Å².